The van der Waals surface area contributed by atoms with Crippen molar-refractivity contribution >= 4 is 18.6 Å². The van der Waals surface area contributed by atoms with Gasteiger partial charge in [-0.2, -0.15) is 5.21 Å². The Kier molecular flexibility index (Phi) is 4.39. The summed E-state index contributed by atoms with van der Waals surface area (Å²) in [5, 5.41) is 42.2. The van der Waals surface area contributed by atoms with E-state index < -0.39 is 18.8 Å². The number of carboxylic acids is 1. The Labute approximate surface area is 158 Å². The first-order chi connectivity index (χ1) is 13.3. The second-order valence-electron chi connectivity index (χ2n) is 6.79. The summed E-state index contributed by atoms with van der Waals surface area (Å²) in [5.41, 5.74) is 0.305. The zero-order chi connectivity index (χ0) is 19.9. The number of nitrogens with zero attached hydrogens (tertiary/aromatic N) is 4. The lowest BCUT2D eigenvalue weighted by Gasteiger charge is -2.40. The summed E-state index contributed by atoms with van der Waals surface area (Å²) in [4.78, 5) is 25.4. The molecule has 13 heteroatoms. The molecule has 12 nitrogen and oxygen atoms in total. The topological polar surface area (TPSA) is 171 Å². The number of hydrogen-bond donors (Lipinski definition) is 4. The second kappa shape index (κ2) is 6.76. The molecule has 0 atom stereocenters. The van der Waals surface area contributed by atoms with E-state index in [4.69, 9.17) is 9.39 Å². The number of fused-ring (bicyclic) bond motifs is 1. The Balaban J connectivity index is 1.45. The van der Waals surface area contributed by atoms with Crippen molar-refractivity contribution in [3.05, 3.63) is 29.1 Å². The first-order valence-corrected chi connectivity index (χ1v) is 8.67. The van der Waals surface area contributed by atoms with Crippen molar-refractivity contribution in [1.29, 1.82) is 0 Å². The number of amides is 1. The van der Waals surface area contributed by atoms with Crippen LogP contribution in [0.2, 0.25) is 6.32 Å². The minimum Gasteiger partial charge on any atom is -0.669 e. The smallest absolute Gasteiger partial charge is 0.430 e. The van der Waals surface area contributed by atoms with Crippen LogP contribution in [0.1, 0.15) is 21.7 Å². The summed E-state index contributed by atoms with van der Waals surface area (Å²) >= 11 is 0. The summed E-state index contributed by atoms with van der Waals surface area (Å²) in [6.07, 6.45) is -0.114. The summed E-state index contributed by atoms with van der Waals surface area (Å²) in [7, 11) is 0. The van der Waals surface area contributed by atoms with Crippen LogP contribution in [0.4, 0.5) is 0 Å². The van der Waals surface area contributed by atoms with E-state index in [0.29, 0.717) is 5.56 Å². The lowest BCUT2D eigenvalue weighted by Crippen LogP contribution is -2.56. The maximum Gasteiger partial charge on any atom is 0.430 e. The molecule has 1 aromatic carbocycles. The molecule has 28 heavy (non-hydrogen) atoms. The lowest BCUT2D eigenvalue weighted by molar-refractivity contribution is -0.139. The van der Waals surface area contributed by atoms with Gasteiger partial charge in [0.25, 0.3) is 0 Å². The number of rotatable bonds is 5. The molecule has 1 aromatic heterocycles. The maximum atomic E-state index is 12.1. The van der Waals surface area contributed by atoms with Crippen LogP contribution in [0.15, 0.2) is 12.1 Å². The standard InChI is InChI=1S/C15H17BN5O7/c22-12(5-11-17-19-20-18-11)21-6-9(7-21)27-10-2-1-8-3-4-16(25,26)28-14(8)13(10)15(23)24/h1-2,9,25-26H,3-7H2,(H,23,24)(H,17,18,19,20)/q-1. The molecule has 1 fully saturated rings. The molecule has 4 rings (SSSR count). The van der Waals surface area contributed by atoms with Gasteiger partial charge in [0.1, 0.15) is 17.4 Å². The van der Waals surface area contributed by atoms with E-state index in [2.05, 4.69) is 20.6 Å². The quantitative estimate of drug-likeness (QED) is 0.445. The third-order valence-corrected chi connectivity index (χ3v) is 4.70. The molecule has 0 spiro atoms. The highest BCUT2D eigenvalue weighted by atomic mass is 16.6. The number of nitrogens with one attached hydrogen (secondary N) is 1. The molecule has 2 aliphatic rings. The van der Waals surface area contributed by atoms with Crippen molar-refractivity contribution in [2.45, 2.75) is 25.3 Å². The van der Waals surface area contributed by atoms with Gasteiger partial charge in [-0.1, -0.05) is 17.6 Å². The van der Waals surface area contributed by atoms with Crippen molar-refractivity contribution < 1.29 is 34.1 Å². The van der Waals surface area contributed by atoms with E-state index in [1.807, 2.05) is 0 Å². The Morgan fingerprint density at radius 1 is 1.36 bits per heavy atom. The van der Waals surface area contributed by atoms with Gasteiger partial charge < -0.3 is 29.4 Å². The van der Waals surface area contributed by atoms with Crippen molar-refractivity contribution in [3.63, 3.8) is 0 Å². The van der Waals surface area contributed by atoms with Crippen LogP contribution in [0.5, 0.6) is 11.5 Å². The maximum absolute atomic E-state index is 12.1. The molecule has 2 aliphatic heterocycles. The first kappa shape index (κ1) is 18.2. The molecule has 3 heterocycles. The van der Waals surface area contributed by atoms with Gasteiger partial charge in [-0.05, 0) is 18.1 Å². The molecule has 0 aliphatic carbocycles. The van der Waals surface area contributed by atoms with E-state index in [0.717, 1.165) is 0 Å². The Morgan fingerprint density at radius 2 is 2.14 bits per heavy atom. The van der Waals surface area contributed by atoms with Crippen molar-refractivity contribution in [2.24, 2.45) is 0 Å². The molecule has 0 radical (unpaired) electrons. The average molecular weight is 390 g/mol. The number of aryl methyl sites for hydroxylation is 1. The minimum atomic E-state index is -3.10. The number of aromatic amines is 1. The monoisotopic (exact) mass is 390 g/mol. The van der Waals surface area contributed by atoms with Gasteiger partial charge >= 0.3 is 12.7 Å². The number of likely N-dealkylation sites (tertiary alicyclic amines) is 1. The largest absolute Gasteiger partial charge is 0.669 e. The predicted octanol–water partition coefficient (Wildman–Crippen LogP) is -1.41. The number of hydrogen-bond acceptors (Lipinski definition) is 9. The fourth-order valence-corrected chi connectivity index (χ4v) is 3.23. The molecule has 2 aromatic rings. The van der Waals surface area contributed by atoms with Crippen LogP contribution in [0, 0.1) is 0 Å². The van der Waals surface area contributed by atoms with Crippen molar-refractivity contribution in [2.75, 3.05) is 13.1 Å². The third-order valence-electron chi connectivity index (χ3n) is 4.70. The second-order valence-corrected chi connectivity index (χ2v) is 6.79. The Bertz CT molecular complexity index is 914. The van der Waals surface area contributed by atoms with Crippen LogP contribution in [0.25, 0.3) is 0 Å². The fourth-order valence-electron chi connectivity index (χ4n) is 3.23. The number of carbonyl (C=O) groups excluding carboxylic acids is 1. The normalized spacial score (nSPS) is 18.0. The fraction of sp³-hybridized carbons (Fsp3) is 0.400. The van der Waals surface area contributed by atoms with Crippen LogP contribution in [-0.2, 0) is 17.6 Å². The van der Waals surface area contributed by atoms with Gasteiger partial charge in [0.2, 0.25) is 5.91 Å². The molecule has 148 valence electrons. The van der Waals surface area contributed by atoms with Gasteiger partial charge in [-0.3, -0.25) is 4.79 Å². The van der Waals surface area contributed by atoms with Crippen LogP contribution < -0.4 is 9.39 Å². The van der Waals surface area contributed by atoms with Gasteiger partial charge in [0.15, 0.2) is 5.82 Å². The SMILES string of the molecule is O=C(O)c1c(OC2CN(C(=O)Cc3nn[nH]n3)C2)ccc2c1O[B-](O)(O)CC2. The van der Waals surface area contributed by atoms with Gasteiger partial charge in [0.05, 0.1) is 25.3 Å². The third kappa shape index (κ3) is 3.49. The highest BCUT2D eigenvalue weighted by Crippen LogP contribution is 2.38. The number of carbonyl (C=O) groups is 2. The number of carboxylic acid groups (broad SMARTS) is 1. The number of aromatic carboxylic acids is 1. The number of H-pyrrole nitrogens is 1. The minimum absolute atomic E-state index is 0.00739. The highest BCUT2D eigenvalue weighted by molar-refractivity contribution is 6.59. The summed E-state index contributed by atoms with van der Waals surface area (Å²) in [6, 6.07) is 3.16. The summed E-state index contributed by atoms with van der Waals surface area (Å²) in [5.74, 6) is -1.25. The molecule has 1 amide bonds. The number of ether oxygens (including phenoxy) is 1. The van der Waals surface area contributed by atoms with Gasteiger partial charge in [-0.15, -0.1) is 10.2 Å². The average Bonchev–Trinajstić information content (AvgIpc) is 3.08. The van der Waals surface area contributed by atoms with Crippen LogP contribution in [0.3, 0.4) is 0 Å². The predicted molar refractivity (Wildman–Crippen MR) is 91.6 cm³/mol. The number of benzene rings is 1. The zero-order valence-corrected chi connectivity index (χ0v) is 14.6. The van der Waals surface area contributed by atoms with E-state index in [-0.39, 0.29) is 61.0 Å². The summed E-state index contributed by atoms with van der Waals surface area (Å²) < 4.78 is 10.9. The molecule has 0 saturated carbocycles. The number of aromatic nitrogens is 4. The van der Waals surface area contributed by atoms with Gasteiger partial charge in [-0.25, -0.2) is 4.79 Å². The van der Waals surface area contributed by atoms with Crippen molar-refractivity contribution in [3.8, 4) is 11.5 Å². The summed E-state index contributed by atoms with van der Waals surface area (Å²) in [6.45, 7) is -2.54. The molecule has 0 unspecified atom stereocenters. The molecule has 1 saturated heterocycles. The highest BCUT2D eigenvalue weighted by Gasteiger charge is 2.36. The molecule has 4 N–H and O–H groups in total. The molecule has 0 bridgehead atoms. The first-order valence-electron chi connectivity index (χ1n) is 8.67. The van der Waals surface area contributed by atoms with E-state index in [1.54, 1.807) is 6.07 Å². The van der Waals surface area contributed by atoms with Crippen LogP contribution in [-0.4, -0.2) is 78.5 Å². The van der Waals surface area contributed by atoms with E-state index in [9.17, 15) is 24.7 Å². The Morgan fingerprint density at radius 3 is 2.82 bits per heavy atom. The lowest BCUT2D eigenvalue weighted by atomic mass is 9.70. The van der Waals surface area contributed by atoms with E-state index >= 15 is 0 Å². The Hall–Kier alpha value is -3.19. The van der Waals surface area contributed by atoms with E-state index in [1.165, 1.54) is 11.0 Å². The molecular weight excluding hydrogens is 373 g/mol. The number of tetrazole rings is 1. The van der Waals surface area contributed by atoms with Crippen molar-refractivity contribution in [1.82, 2.24) is 25.5 Å². The molecular formula is C15H17BN5O7-. The van der Waals surface area contributed by atoms with Gasteiger partial charge in [0, 0.05) is 0 Å². The van der Waals surface area contributed by atoms with Crippen LogP contribution >= 0.6 is 0 Å². The zero-order valence-electron chi connectivity index (χ0n) is 14.6.